The number of morpholine rings is 1. The number of hydrogen-bond donors (Lipinski definition) is 2. The van der Waals surface area contributed by atoms with E-state index in [1.807, 2.05) is 30.3 Å². The maximum Gasteiger partial charge on any atom is 0.126 e. The quantitative estimate of drug-likeness (QED) is 0.716. The van der Waals surface area contributed by atoms with E-state index in [4.69, 9.17) is 9.47 Å². The molecule has 1 heterocycles. The Balaban J connectivity index is 1.61. The van der Waals surface area contributed by atoms with E-state index in [1.165, 1.54) is 4.90 Å². The SMILES string of the molecule is O[C@H](COCc1ccccc1)C[NH+]1CCOCC1. The topological polar surface area (TPSA) is 43.1 Å². The number of aliphatic hydroxyl groups excluding tert-OH is 1. The van der Waals surface area contributed by atoms with Gasteiger partial charge in [-0.3, -0.25) is 0 Å². The highest BCUT2D eigenvalue weighted by Crippen LogP contribution is 2.00. The van der Waals surface area contributed by atoms with Crippen LogP contribution in [0.5, 0.6) is 0 Å². The summed E-state index contributed by atoms with van der Waals surface area (Å²) in [4.78, 5) is 1.40. The third-order valence-electron chi connectivity index (χ3n) is 3.15. The first kappa shape index (κ1) is 13.5. The summed E-state index contributed by atoms with van der Waals surface area (Å²) in [6, 6.07) is 10.0. The summed E-state index contributed by atoms with van der Waals surface area (Å²) in [7, 11) is 0. The highest BCUT2D eigenvalue weighted by molar-refractivity contribution is 5.13. The molecule has 0 unspecified atom stereocenters. The van der Waals surface area contributed by atoms with Gasteiger partial charge in [0.2, 0.25) is 0 Å². The molecule has 1 fully saturated rings. The van der Waals surface area contributed by atoms with Crippen LogP contribution in [0.4, 0.5) is 0 Å². The summed E-state index contributed by atoms with van der Waals surface area (Å²) in [5.41, 5.74) is 1.14. The lowest BCUT2D eigenvalue weighted by Gasteiger charge is -2.25. The van der Waals surface area contributed by atoms with Gasteiger partial charge in [-0.05, 0) is 5.56 Å². The van der Waals surface area contributed by atoms with Crippen molar-refractivity contribution < 1.29 is 19.5 Å². The van der Waals surface area contributed by atoms with Gasteiger partial charge in [0.1, 0.15) is 25.7 Å². The molecule has 0 aromatic heterocycles. The summed E-state index contributed by atoms with van der Waals surface area (Å²) in [5, 5.41) is 9.89. The van der Waals surface area contributed by atoms with E-state index < -0.39 is 0 Å². The molecule has 1 aromatic carbocycles. The molecule has 1 atom stereocenters. The van der Waals surface area contributed by atoms with Crippen molar-refractivity contribution in [2.24, 2.45) is 0 Å². The molecule has 1 aromatic rings. The minimum atomic E-state index is -0.387. The maximum absolute atomic E-state index is 9.89. The molecule has 0 saturated carbocycles. The second-order valence-corrected chi connectivity index (χ2v) is 4.72. The third kappa shape index (κ3) is 4.74. The lowest BCUT2D eigenvalue weighted by atomic mass is 10.2. The van der Waals surface area contributed by atoms with Gasteiger partial charge in [0.25, 0.3) is 0 Å². The largest absolute Gasteiger partial charge is 0.385 e. The molecule has 1 aliphatic rings. The fourth-order valence-electron chi connectivity index (χ4n) is 2.14. The lowest BCUT2D eigenvalue weighted by Crippen LogP contribution is -3.15. The number of nitrogens with one attached hydrogen (secondary N) is 1. The Morgan fingerprint density at radius 3 is 2.67 bits per heavy atom. The van der Waals surface area contributed by atoms with Crippen molar-refractivity contribution in [1.82, 2.24) is 0 Å². The van der Waals surface area contributed by atoms with Crippen LogP contribution in [0.1, 0.15) is 5.56 Å². The highest BCUT2D eigenvalue weighted by atomic mass is 16.5. The molecule has 0 spiro atoms. The molecule has 0 bridgehead atoms. The van der Waals surface area contributed by atoms with E-state index in [0.29, 0.717) is 13.2 Å². The number of hydrogen-bond acceptors (Lipinski definition) is 3. The summed E-state index contributed by atoms with van der Waals surface area (Å²) >= 11 is 0. The van der Waals surface area contributed by atoms with E-state index in [2.05, 4.69) is 0 Å². The molecule has 4 heteroatoms. The summed E-state index contributed by atoms with van der Waals surface area (Å²) in [6.45, 7) is 5.28. The number of ether oxygens (including phenoxy) is 2. The van der Waals surface area contributed by atoms with Crippen molar-refractivity contribution in [1.29, 1.82) is 0 Å². The van der Waals surface area contributed by atoms with Crippen LogP contribution in [-0.2, 0) is 16.1 Å². The zero-order valence-electron chi connectivity index (χ0n) is 10.7. The lowest BCUT2D eigenvalue weighted by molar-refractivity contribution is -0.911. The Morgan fingerprint density at radius 2 is 1.94 bits per heavy atom. The summed E-state index contributed by atoms with van der Waals surface area (Å²) in [6.07, 6.45) is -0.387. The minimum absolute atomic E-state index is 0.387. The van der Waals surface area contributed by atoms with E-state index >= 15 is 0 Å². The van der Waals surface area contributed by atoms with Gasteiger partial charge in [-0.15, -0.1) is 0 Å². The van der Waals surface area contributed by atoms with Crippen LogP contribution in [-0.4, -0.2) is 50.7 Å². The van der Waals surface area contributed by atoms with Crippen LogP contribution < -0.4 is 4.90 Å². The van der Waals surface area contributed by atoms with Crippen LogP contribution in [0.15, 0.2) is 30.3 Å². The molecule has 0 radical (unpaired) electrons. The Labute approximate surface area is 108 Å². The number of benzene rings is 1. The van der Waals surface area contributed by atoms with Gasteiger partial charge in [-0.25, -0.2) is 0 Å². The molecule has 4 nitrogen and oxygen atoms in total. The van der Waals surface area contributed by atoms with Gasteiger partial charge in [-0.1, -0.05) is 30.3 Å². The predicted molar refractivity (Wildman–Crippen MR) is 68.5 cm³/mol. The van der Waals surface area contributed by atoms with E-state index in [1.54, 1.807) is 0 Å². The highest BCUT2D eigenvalue weighted by Gasteiger charge is 2.18. The van der Waals surface area contributed by atoms with E-state index in [9.17, 15) is 5.11 Å². The molecule has 1 aliphatic heterocycles. The number of aliphatic hydroxyl groups is 1. The zero-order chi connectivity index (χ0) is 12.6. The van der Waals surface area contributed by atoms with Crippen molar-refractivity contribution in [3.05, 3.63) is 35.9 Å². The summed E-state index contributed by atoms with van der Waals surface area (Å²) in [5.74, 6) is 0. The maximum atomic E-state index is 9.89. The van der Waals surface area contributed by atoms with E-state index in [0.717, 1.165) is 38.4 Å². The molecule has 2 N–H and O–H groups in total. The van der Waals surface area contributed by atoms with Gasteiger partial charge in [0, 0.05) is 0 Å². The van der Waals surface area contributed by atoms with Crippen molar-refractivity contribution in [3.63, 3.8) is 0 Å². The first-order chi connectivity index (χ1) is 8.84. The molecule has 1 saturated heterocycles. The fraction of sp³-hybridized carbons (Fsp3) is 0.571. The second kappa shape index (κ2) is 7.48. The Bertz CT molecular complexity index is 325. The van der Waals surface area contributed by atoms with Crippen molar-refractivity contribution in [3.8, 4) is 0 Å². The Morgan fingerprint density at radius 1 is 1.22 bits per heavy atom. The van der Waals surface area contributed by atoms with Crippen LogP contribution in [0.2, 0.25) is 0 Å². The van der Waals surface area contributed by atoms with Crippen molar-refractivity contribution in [2.45, 2.75) is 12.7 Å². The molecule has 100 valence electrons. The third-order valence-corrected chi connectivity index (χ3v) is 3.15. The Hall–Kier alpha value is -0.940. The van der Waals surface area contributed by atoms with Gasteiger partial charge in [0.15, 0.2) is 0 Å². The number of rotatable bonds is 6. The monoisotopic (exact) mass is 252 g/mol. The molecular formula is C14H22NO3+. The van der Waals surface area contributed by atoms with Crippen LogP contribution in [0, 0.1) is 0 Å². The van der Waals surface area contributed by atoms with Gasteiger partial charge in [0.05, 0.1) is 26.4 Å². The normalized spacial score (nSPS) is 18.7. The van der Waals surface area contributed by atoms with Crippen LogP contribution in [0.3, 0.4) is 0 Å². The zero-order valence-corrected chi connectivity index (χ0v) is 10.7. The average molecular weight is 252 g/mol. The first-order valence-corrected chi connectivity index (χ1v) is 6.55. The van der Waals surface area contributed by atoms with Crippen molar-refractivity contribution in [2.75, 3.05) is 39.5 Å². The molecule has 0 aliphatic carbocycles. The molecular weight excluding hydrogens is 230 g/mol. The van der Waals surface area contributed by atoms with Gasteiger partial charge in [-0.2, -0.15) is 0 Å². The smallest absolute Gasteiger partial charge is 0.126 e. The van der Waals surface area contributed by atoms with Crippen LogP contribution >= 0.6 is 0 Å². The Kier molecular flexibility index (Phi) is 5.61. The van der Waals surface area contributed by atoms with Gasteiger partial charge < -0.3 is 19.5 Å². The predicted octanol–water partition coefficient (Wildman–Crippen LogP) is -0.521. The van der Waals surface area contributed by atoms with Crippen molar-refractivity contribution >= 4 is 0 Å². The molecule has 18 heavy (non-hydrogen) atoms. The molecule has 0 amide bonds. The molecule has 2 rings (SSSR count). The standard InChI is InChI=1S/C14H21NO3/c16-14(10-15-6-8-17-9-7-15)12-18-11-13-4-2-1-3-5-13/h1-5,14,16H,6-12H2/p+1/t14-/m0/s1. The first-order valence-electron chi connectivity index (χ1n) is 6.55. The minimum Gasteiger partial charge on any atom is -0.385 e. The fourth-order valence-corrected chi connectivity index (χ4v) is 2.14. The van der Waals surface area contributed by atoms with E-state index in [-0.39, 0.29) is 6.10 Å². The average Bonchev–Trinajstić information content (AvgIpc) is 2.41. The summed E-state index contributed by atoms with van der Waals surface area (Å²) < 4.78 is 10.8. The van der Waals surface area contributed by atoms with Gasteiger partial charge >= 0.3 is 0 Å². The van der Waals surface area contributed by atoms with Crippen LogP contribution in [0.25, 0.3) is 0 Å². The number of quaternary nitrogens is 1. The second-order valence-electron chi connectivity index (χ2n) is 4.72.